The third-order valence-corrected chi connectivity index (χ3v) is 3.67. The largest absolute Gasteiger partial charge is 0.350 e. The maximum atomic E-state index is 12.0. The van der Waals surface area contributed by atoms with E-state index >= 15 is 0 Å². The molecule has 0 spiro atoms. The number of carbonyl (C=O) groups excluding carboxylic acids is 2. The molecule has 3 rings (SSSR count). The number of aromatic nitrogens is 1. The van der Waals surface area contributed by atoms with E-state index in [9.17, 15) is 9.59 Å². The minimum absolute atomic E-state index is 0.0804. The number of benzene rings is 1. The van der Waals surface area contributed by atoms with Crippen molar-refractivity contribution >= 4 is 28.5 Å². The molecule has 0 saturated carbocycles. The van der Waals surface area contributed by atoms with E-state index in [1.807, 2.05) is 42.1 Å². The number of rotatable bonds is 3. The lowest BCUT2D eigenvalue weighted by Gasteiger charge is -2.26. The first-order chi connectivity index (χ1) is 10.1. The maximum Gasteiger partial charge on any atom is 0.317 e. The lowest BCUT2D eigenvalue weighted by Crippen LogP contribution is -2.49. The number of nitrogens with zero attached hydrogens (tertiary/aromatic N) is 2. The van der Waals surface area contributed by atoms with Crippen molar-refractivity contribution in [3.63, 3.8) is 0 Å². The molecule has 0 unspecified atom stereocenters. The van der Waals surface area contributed by atoms with Crippen molar-refractivity contribution in [1.29, 1.82) is 0 Å². The summed E-state index contributed by atoms with van der Waals surface area (Å²) in [5.41, 5.74) is 1.80. The quantitative estimate of drug-likeness (QED) is 0.898. The first-order valence-electron chi connectivity index (χ1n) is 7.01. The van der Waals surface area contributed by atoms with Gasteiger partial charge in [0.05, 0.1) is 0 Å². The van der Waals surface area contributed by atoms with E-state index in [0.29, 0.717) is 13.1 Å². The average molecular weight is 286 g/mol. The topological polar surface area (TPSA) is 66.4 Å². The number of amides is 3. The van der Waals surface area contributed by atoms with Gasteiger partial charge in [-0.1, -0.05) is 6.07 Å². The Morgan fingerprint density at radius 1 is 1.38 bits per heavy atom. The van der Waals surface area contributed by atoms with Crippen LogP contribution in [0.15, 0.2) is 30.5 Å². The van der Waals surface area contributed by atoms with Crippen molar-refractivity contribution in [3.8, 4) is 0 Å². The number of hydrogen-bond donors (Lipinski definition) is 2. The zero-order valence-electron chi connectivity index (χ0n) is 11.9. The molecule has 1 fully saturated rings. The van der Waals surface area contributed by atoms with Crippen LogP contribution >= 0.6 is 0 Å². The van der Waals surface area contributed by atoms with Crippen LogP contribution in [0, 0.1) is 0 Å². The fourth-order valence-corrected chi connectivity index (χ4v) is 2.54. The molecule has 3 amide bonds. The summed E-state index contributed by atoms with van der Waals surface area (Å²) in [7, 11) is 1.96. The molecular weight excluding hydrogens is 268 g/mol. The molecule has 6 nitrogen and oxygen atoms in total. The molecule has 0 atom stereocenters. The van der Waals surface area contributed by atoms with Gasteiger partial charge in [0, 0.05) is 37.5 Å². The molecule has 6 heteroatoms. The first kappa shape index (κ1) is 13.5. The van der Waals surface area contributed by atoms with Gasteiger partial charge in [-0.25, -0.2) is 4.79 Å². The normalized spacial score (nSPS) is 15.1. The van der Waals surface area contributed by atoms with Crippen LogP contribution in [-0.4, -0.2) is 41.0 Å². The minimum atomic E-state index is -0.180. The van der Waals surface area contributed by atoms with Crippen LogP contribution in [0.1, 0.15) is 6.42 Å². The summed E-state index contributed by atoms with van der Waals surface area (Å²) in [4.78, 5) is 25.2. The van der Waals surface area contributed by atoms with Gasteiger partial charge in [-0.15, -0.1) is 0 Å². The first-order valence-corrected chi connectivity index (χ1v) is 7.01. The second kappa shape index (κ2) is 5.47. The van der Waals surface area contributed by atoms with Gasteiger partial charge >= 0.3 is 6.03 Å². The van der Waals surface area contributed by atoms with Gasteiger partial charge in [-0.3, -0.25) is 4.79 Å². The van der Waals surface area contributed by atoms with Crippen LogP contribution in [0.4, 0.5) is 10.5 Å². The number of anilines is 1. The molecular formula is C15H18N4O2. The highest BCUT2D eigenvalue weighted by atomic mass is 16.2. The summed E-state index contributed by atoms with van der Waals surface area (Å²) in [5, 5.41) is 6.71. The van der Waals surface area contributed by atoms with Crippen LogP contribution in [0.25, 0.3) is 10.9 Å². The van der Waals surface area contributed by atoms with E-state index in [1.54, 1.807) is 0 Å². The Labute approximate surface area is 122 Å². The minimum Gasteiger partial charge on any atom is -0.350 e. The number of carbonyl (C=O) groups is 2. The van der Waals surface area contributed by atoms with Crippen LogP contribution < -0.4 is 10.6 Å². The van der Waals surface area contributed by atoms with E-state index in [2.05, 4.69) is 10.6 Å². The van der Waals surface area contributed by atoms with Crippen LogP contribution in [0.3, 0.4) is 0 Å². The van der Waals surface area contributed by atoms with Crippen molar-refractivity contribution in [3.05, 3.63) is 30.5 Å². The maximum absolute atomic E-state index is 12.0. The third-order valence-electron chi connectivity index (χ3n) is 3.67. The Kier molecular flexibility index (Phi) is 3.51. The number of urea groups is 1. The molecule has 1 aliphatic rings. The lowest BCUT2D eigenvalue weighted by atomic mass is 10.2. The Bertz CT molecular complexity index is 692. The smallest absolute Gasteiger partial charge is 0.317 e. The third kappa shape index (κ3) is 2.84. The molecule has 2 N–H and O–H groups in total. The van der Waals surface area contributed by atoms with Gasteiger partial charge in [-0.05, 0) is 30.0 Å². The van der Waals surface area contributed by atoms with E-state index in [1.165, 1.54) is 4.90 Å². The molecule has 1 aromatic carbocycles. The standard InChI is InChI=1S/C15H18N4O2/c1-18-8-5-11-3-4-12(9-13(11)18)17-14(20)10-19-7-2-6-16-15(19)21/h3-5,8-9H,2,6-7,10H2,1H3,(H,16,21)(H,17,20). The highest BCUT2D eigenvalue weighted by molar-refractivity contribution is 5.96. The molecule has 21 heavy (non-hydrogen) atoms. The van der Waals surface area contributed by atoms with Gasteiger partial charge in [0.15, 0.2) is 0 Å². The fraction of sp³-hybridized carbons (Fsp3) is 0.333. The van der Waals surface area contributed by atoms with E-state index < -0.39 is 0 Å². The second-order valence-electron chi connectivity index (χ2n) is 5.26. The number of fused-ring (bicyclic) bond motifs is 1. The number of nitrogens with one attached hydrogen (secondary N) is 2. The van der Waals surface area contributed by atoms with Gasteiger partial charge in [0.1, 0.15) is 6.54 Å². The Balaban J connectivity index is 1.68. The molecule has 0 bridgehead atoms. The molecule has 0 aliphatic carbocycles. The van der Waals surface area contributed by atoms with Gasteiger partial charge < -0.3 is 20.1 Å². The molecule has 1 saturated heterocycles. The second-order valence-corrected chi connectivity index (χ2v) is 5.26. The zero-order chi connectivity index (χ0) is 14.8. The van der Waals surface area contributed by atoms with Crippen molar-refractivity contribution < 1.29 is 9.59 Å². The van der Waals surface area contributed by atoms with Crippen molar-refractivity contribution in [2.75, 3.05) is 25.0 Å². The van der Waals surface area contributed by atoms with Crippen molar-refractivity contribution in [1.82, 2.24) is 14.8 Å². The lowest BCUT2D eigenvalue weighted by molar-refractivity contribution is -0.116. The summed E-state index contributed by atoms with van der Waals surface area (Å²) >= 11 is 0. The molecule has 1 aromatic heterocycles. The van der Waals surface area contributed by atoms with Gasteiger partial charge in [0.2, 0.25) is 5.91 Å². The summed E-state index contributed by atoms with van der Waals surface area (Å²) in [6.45, 7) is 1.38. The predicted octanol–water partition coefficient (Wildman–Crippen LogP) is 1.53. The van der Waals surface area contributed by atoms with Gasteiger partial charge in [-0.2, -0.15) is 0 Å². The Morgan fingerprint density at radius 3 is 3.05 bits per heavy atom. The summed E-state index contributed by atoms with van der Waals surface area (Å²) in [6, 6.07) is 7.63. The highest BCUT2D eigenvalue weighted by Crippen LogP contribution is 2.19. The van der Waals surface area contributed by atoms with Crippen LogP contribution in [0.2, 0.25) is 0 Å². The number of aryl methyl sites for hydroxylation is 1. The fourth-order valence-electron chi connectivity index (χ4n) is 2.54. The van der Waals surface area contributed by atoms with Crippen LogP contribution in [-0.2, 0) is 11.8 Å². The van der Waals surface area contributed by atoms with Crippen LogP contribution in [0.5, 0.6) is 0 Å². The Morgan fingerprint density at radius 2 is 2.24 bits per heavy atom. The van der Waals surface area contributed by atoms with Crippen molar-refractivity contribution in [2.45, 2.75) is 6.42 Å². The van der Waals surface area contributed by atoms with E-state index in [-0.39, 0.29) is 18.5 Å². The predicted molar refractivity (Wildman–Crippen MR) is 81.1 cm³/mol. The summed E-state index contributed by atoms with van der Waals surface area (Å²) in [5.74, 6) is -0.180. The molecule has 0 radical (unpaired) electrons. The average Bonchev–Trinajstić information content (AvgIpc) is 2.83. The summed E-state index contributed by atoms with van der Waals surface area (Å²) < 4.78 is 2.00. The van der Waals surface area contributed by atoms with Gasteiger partial charge in [0.25, 0.3) is 0 Å². The van der Waals surface area contributed by atoms with Crippen molar-refractivity contribution in [2.24, 2.45) is 7.05 Å². The molecule has 2 heterocycles. The summed E-state index contributed by atoms with van der Waals surface area (Å²) in [6.07, 6.45) is 2.85. The van der Waals surface area contributed by atoms with E-state index in [4.69, 9.17) is 0 Å². The van der Waals surface area contributed by atoms with E-state index in [0.717, 1.165) is 23.0 Å². The molecule has 110 valence electrons. The SMILES string of the molecule is Cn1ccc2ccc(NC(=O)CN3CCCNC3=O)cc21. The monoisotopic (exact) mass is 286 g/mol. The number of hydrogen-bond acceptors (Lipinski definition) is 2. The molecule has 1 aliphatic heterocycles. The Hall–Kier alpha value is -2.50. The molecule has 2 aromatic rings. The zero-order valence-corrected chi connectivity index (χ0v) is 11.9. The highest BCUT2D eigenvalue weighted by Gasteiger charge is 2.20.